The summed E-state index contributed by atoms with van der Waals surface area (Å²) in [6, 6.07) is 15.0. The molecule has 2 heterocycles. The number of para-hydroxylation sites is 1. The second kappa shape index (κ2) is 6.15. The number of nitrogens with one attached hydrogen (secondary N) is 1. The fourth-order valence-corrected chi connectivity index (χ4v) is 3.19. The van der Waals surface area contributed by atoms with E-state index in [2.05, 4.69) is 16.2 Å². The maximum absolute atomic E-state index is 12.7. The Kier molecular flexibility index (Phi) is 4.04. The molecule has 0 aliphatic carbocycles. The highest BCUT2D eigenvalue weighted by Gasteiger charge is 2.16. The van der Waals surface area contributed by atoms with Crippen LogP contribution in [0.5, 0.6) is 0 Å². The fraction of sp³-hybridized carbons (Fsp3) is 0.118. The van der Waals surface area contributed by atoms with Gasteiger partial charge in [0.1, 0.15) is 16.0 Å². The first-order valence-electron chi connectivity index (χ1n) is 7.03. The molecule has 114 valence electrons. The molecule has 0 aliphatic heterocycles. The lowest BCUT2D eigenvalue weighted by molar-refractivity contribution is 0.834. The Bertz CT molecular complexity index is 951. The zero-order valence-electron chi connectivity index (χ0n) is 12.7. The van der Waals surface area contributed by atoms with E-state index in [4.69, 9.17) is 0 Å². The summed E-state index contributed by atoms with van der Waals surface area (Å²) in [5.74, 6) is 0. The lowest BCUT2D eigenvalue weighted by Gasteiger charge is -2.02. The summed E-state index contributed by atoms with van der Waals surface area (Å²) in [5, 5.41) is 12.8. The first kappa shape index (κ1) is 15.1. The van der Waals surface area contributed by atoms with E-state index in [0.29, 0.717) is 15.5 Å². The number of benzene rings is 1. The van der Waals surface area contributed by atoms with Gasteiger partial charge < -0.3 is 0 Å². The molecule has 23 heavy (non-hydrogen) atoms. The highest BCUT2D eigenvalue weighted by molar-refractivity contribution is 7.99. The Morgan fingerprint density at radius 2 is 1.91 bits per heavy atom. The van der Waals surface area contributed by atoms with Crippen LogP contribution in [0.25, 0.3) is 5.69 Å². The van der Waals surface area contributed by atoms with Crippen molar-refractivity contribution in [3.63, 3.8) is 0 Å². The summed E-state index contributed by atoms with van der Waals surface area (Å²) in [7, 11) is 0. The molecule has 0 unspecified atom stereocenters. The molecule has 1 aromatic carbocycles. The van der Waals surface area contributed by atoms with Gasteiger partial charge in [0, 0.05) is 11.4 Å². The molecule has 0 bridgehead atoms. The number of nitriles is 1. The molecule has 0 atom stereocenters. The molecule has 0 amide bonds. The average Bonchev–Trinajstić information content (AvgIpc) is 2.84. The molecule has 3 rings (SSSR count). The van der Waals surface area contributed by atoms with Gasteiger partial charge in [0.15, 0.2) is 0 Å². The topological polar surface area (TPSA) is 74.5 Å². The van der Waals surface area contributed by atoms with Gasteiger partial charge in [-0.25, -0.2) is 9.67 Å². The van der Waals surface area contributed by atoms with Gasteiger partial charge in [0.2, 0.25) is 0 Å². The van der Waals surface area contributed by atoms with E-state index in [1.807, 2.05) is 44.2 Å². The summed E-state index contributed by atoms with van der Waals surface area (Å²) in [4.78, 5) is 17.6. The molecule has 0 fully saturated rings. The van der Waals surface area contributed by atoms with Crippen LogP contribution in [0.3, 0.4) is 0 Å². The van der Waals surface area contributed by atoms with Crippen LogP contribution in [-0.4, -0.2) is 14.8 Å². The van der Waals surface area contributed by atoms with E-state index in [1.54, 1.807) is 12.1 Å². The van der Waals surface area contributed by atoms with Crippen LogP contribution in [0.2, 0.25) is 0 Å². The second-order valence-electron chi connectivity index (χ2n) is 5.06. The normalized spacial score (nSPS) is 10.5. The molecule has 1 N–H and O–H groups in total. The van der Waals surface area contributed by atoms with Crippen LogP contribution in [0, 0.1) is 25.2 Å². The number of nitrogens with zero attached hydrogens (tertiary/aromatic N) is 3. The highest BCUT2D eigenvalue weighted by atomic mass is 32.2. The van der Waals surface area contributed by atoms with Gasteiger partial charge in [0.25, 0.3) is 5.56 Å². The number of hydrogen-bond donors (Lipinski definition) is 1. The van der Waals surface area contributed by atoms with E-state index in [9.17, 15) is 10.1 Å². The highest BCUT2D eigenvalue weighted by Crippen LogP contribution is 2.28. The molecule has 2 aromatic heterocycles. The number of pyridine rings is 1. The molecule has 0 spiro atoms. The Morgan fingerprint density at radius 3 is 2.61 bits per heavy atom. The molecular formula is C17H14N4OS. The summed E-state index contributed by atoms with van der Waals surface area (Å²) < 4.78 is 1.50. The van der Waals surface area contributed by atoms with Crippen LogP contribution in [-0.2, 0) is 0 Å². The maximum atomic E-state index is 12.7. The monoisotopic (exact) mass is 322 g/mol. The summed E-state index contributed by atoms with van der Waals surface area (Å²) >= 11 is 1.22. The van der Waals surface area contributed by atoms with Crippen molar-refractivity contribution in [1.82, 2.24) is 14.8 Å². The van der Waals surface area contributed by atoms with Crippen LogP contribution >= 0.6 is 11.8 Å². The zero-order valence-corrected chi connectivity index (χ0v) is 13.5. The third kappa shape index (κ3) is 2.91. The first-order chi connectivity index (χ1) is 11.1. The quantitative estimate of drug-likeness (QED) is 0.803. The van der Waals surface area contributed by atoms with Gasteiger partial charge in [-0.1, -0.05) is 30.0 Å². The number of aromatic nitrogens is 3. The predicted molar refractivity (Wildman–Crippen MR) is 88.9 cm³/mol. The van der Waals surface area contributed by atoms with Crippen molar-refractivity contribution in [2.75, 3.05) is 0 Å². The van der Waals surface area contributed by atoms with Crippen molar-refractivity contribution in [2.45, 2.75) is 23.8 Å². The lowest BCUT2D eigenvalue weighted by atomic mass is 10.3. The standard InChI is InChI=1S/C17H14N4OS/c1-11-8-9-13(10-18)16(19-11)23-15-12(2)20-21(17(15)22)14-6-4-3-5-7-14/h3-9,20H,1-2H3. The Labute approximate surface area is 137 Å². The summed E-state index contributed by atoms with van der Waals surface area (Å²) in [6.07, 6.45) is 0. The lowest BCUT2D eigenvalue weighted by Crippen LogP contribution is -2.15. The molecular weight excluding hydrogens is 308 g/mol. The summed E-state index contributed by atoms with van der Waals surface area (Å²) in [5.41, 5.74) is 2.64. The summed E-state index contributed by atoms with van der Waals surface area (Å²) in [6.45, 7) is 3.70. The zero-order chi connectivity index (χ0) is 16.4. The van der Waals surface area contributed by atoms with Gasteiger partial charge in [-0.15, -0.1) is 0 Å². The van der Waals surface area contributed by atoms with Crippen molar-refractivity contribution in [1.29, 1.82) is 5.26 Å². The van der Waals surface area contributed by atoms with Crippen LogP contribution in [0.4, 0.5) is 0 Å². The van der Waals surface area contributed by atoms with Crippen molar-refractivity contribution in [2.24, 2.45) is 0 Å². The first-order valence-corrected chi connectivity index (χ1v) is 7.84. The number of hydrogen-bond acceptors (Lipinski definition) is 4. The van der Waals surface area contributed by atoms with Crippen molar-refractivity contribution in [3.05, 3.63) is 69.8 Å². The van der Waals surface area contributed by atoms with E-state index in [-0.39, 0.29) is 5.56 Å². The number of aryl methyl sites for hydroxylation is 2. The molecule has 0 aliphatic rings. The van der Waals surface area contributed by atoms with Crippen LogP contribution in [0.1, 0.15) is 17.0 Å². The van der Waals surface area contributed by atoms with Crippen molar-refractivity contribution >= 4 is 11.8 Å². The largest absolute Gasteiger partial charge is 0.294 e. The van der Waals surface area contributed by atoms with Crippen molar-refractivity contribution in [3.8, 4) is 11.8 Å². The average molecular weight is 322 g/mol. The minimum Gasteiger partial charge on any atom is -0.294 e. The van der Waals surface area contributed by atoms with Crippen LogP contribution in [0.15, 0.2) is 57.2 Å². The third-order valence-electron chi connectivity index (χ3n) is 3.35. The predicted octanol–water partition coefficient (Wildman–Crippen LogP) is 3.20. The molecule has 5 nitrogen and oxygen atoms in total. The minimum atomic E-state index is -0.147. The Morgan fingerprint density at radius 1 is 1.17 bits per heavy atom. The smallest absolute Gasteiger partial charge is 0.285 e. The number of aromatic amines is 1. The van der Waals surface area contributed by atoms with Gasteiger partial charge in [-0.3, -0.25) is 9.89 Å². The fourth-order valence-electron chi connectivity index (χ4n) is 2.20. The van der Waals surface area contributed by atoms with E-state index in [0.717, 1.165) is 17.1 Å². The third-order valence-corrected chi connectivity index (χ3v) is 4.54. The van der Waals surface area contributed by atoms with Crippen LogP contribution < -0.4 is 5.56 Å². The molecule has 3 aromatic rings. The molecule has 0 radical (unpaired) electrons. The minimum absolute atomic E-state index is 0.147. The van der Waals surface area contributed by atoms with E-state index in [1.165, 1.54) is 16.4 Å². The van der Waals surface area contributed by atoms with E-state index < -0.39 is 0 Å². The number of H-pyrrole nitrogens is 1. The maximum Gasteiger partial charge on any atom is 0.285 e. The molecule has 6 heteroatoms. The van der Waals surface area contributed by atoms with Gasteiger partial charge in [-0.05, 0) is 38.1 Å². The second-order valence-corrected chi connectivity index (χ2v) is 6.06. The van der Waals surface area contributed by atoms with Gasteiger partial charge >= 0.3 is 0 Å². The molecule has 0 saturated carbocycles. The molecule has 0 saturated heterocycles. The van der Waals surface area contributed by atoms with Gasteiger partial charge in [0.05, 0.1) is 11.3 Å². The SMILES string of the molecule is Cc1ccc(C#N)c(Sc2c(C)[nH]n(-c3ccccc3)c2=O)n1. The van der Waals surface area contributed by atoms with Crippen molar-refractivity contribution < 1.29 is 0 Å². The number of rotatable bonds is 3. The Hall–Kier alpha value is -2.78. The Balaban J connectivity index is 2.06. The van der Waals surface area contributed by atoms with Gasteiger partial charge in [-0.2, -0.15) is 5.26 Å². The van der Waals surface area contributed by atoms with E-state index >= 15 is 0 Å².